The van der Waals surface area contributed by atoms with Crippen LogP contribution in [0, 0.1) is 0 Å². The third kappa shape index (κ3) is 2.48. The second-order valence-electron chi connectivity index (χ2n) is 4.35. The highest BCUT2D eigenvalue weighted by atomic mass is 32.2. The van der Waals surface area contributed by atoms with Crippen molar-refractivity contribution < 1.29 is 8.42 Å². The molecule has 0 fully saturated rings. The van der Waals surface area contributed by atoms with Gasteiger partial charge in [0.25, 0.3) is 10.0 Å². The molecule has 0 saturated heterocycles. The topological polar surface area (TPSA) is 59.1 Å². The van der Waals surface area contributed by atoms with Crippen LogP contribution in [0.1, 0.15) is 0 Å². The van der Waals surface area contributed by atoms with Crippen LogP contribution in [0.15, 0.2) is 71.9 Å². The molecule has 0 aliphatic rings. The molecule has 0 aliphatic heterocycles. The first-order valence-electron chi connectivity index (χ1n) is 6.07. The van der Waals surface area contributed by atoms with Crippen LogP contribution < -0.4 is 4.72 Å². The summed E-state index contributed by atoms with van der Waals surface area (Å²) in [6.45, 7) is 0. The van der Waals surface area contributed by atoms with E-state index in [0.717, 1.165) is 10.8 Å². The van der Waals surface area contributed by atoms with E-state index in [9.17, 15) is 8.42 Å². The second kappa shape index (κ2) is 4.94. The number of hydrogen-bond acceptors (Lipinski definition) is 3. The first kappa shape index (κ1) is 12.6. The van der Waals surface area contributed by atoms with Crippen LogP contribution in [0.3, 0.4) is 0 Å². The maximum absolute atomic E-state index is 12.3. The Balaban J connectivity index is 2.01. The minimum absolute atomic E-state index is 0.244. The lowest BCUT2D eigenvalue weighted by molar-refractivity contribution is 0.601. The van der Waals surface area contributed by atoms with Gasteiger partial charge in [-0.25, -0.2) is 8.42 Å². The van der Waals surface area contributed by atoms with Crippen molar-refractivity contribution in [3.8, 4) is 0 Å². The summed E-state index contributed by atoms with van der Waals surface area (Å²) in [5, 5.41) is 1.90. The molecule has 0 amide bonds. The highest BCUT2D eigenvalue weighted by Gasteiger charge is 2.14. The van der Waals surface area contributed by atoms with Gasteiger partial charge in [0.15, 0.2) is 0 Å². The number of anilines is 1. The van der Waals surface area contributed by atoms with Crippen LogP contribution in [0.4, 0.5) is 5.69 Å². The molecule has 0 bridgehead atoms. The lowest BCUT2D eigenvalue weighted by Gasteiger charge is -2.08. The largest absolute Gasteiger partial charge is 0.280 e. The van der Waals surface area contributed by atoms with Crippen molar-refractivity contribution in [2.24, 2.45) is 0 Å². The molecule has 1 heterocycles. The monoisotopic (exact) mass is 284 g/mol. The van der Waals surface area contributed by atoms with Crippen molar-refractivity contribution in [1.29, 1.82) is 0 Å². The SMILES string of the molecule is O=S(=O)(Nc1ccncc1)c1ccc2ccccc2c1. The molecule has 3 rings (SSSR count). The number of sulfonamides is 1. The summed E-state index contributed by atoms with van der Waals surface area (Å²) >= 11 is 0. The van der Waals surface area contributed by atoms with Crippen LogP contribution in [0.2, 0.25) is 0 Å². The van der Waals surface area contributed by atoms with Crippen LogP contribution in [0.5, 0.6) is 0 Å². The third-order valence-electron chi connectivity index (χ3n) is 2.96. The molecule has 1 aromatic heterocycles. The van der Waals surface area contributed by atoms with E-state index in [1.165, 1.54) is 12.4 Å². The minimum atomic E-state index is -3.58. The maximum atomic E-state index is 12.3. The Hall–Kier alpha value is -2.40. The molecule has 0 aliphatic carbocycles. The van der Waals surface area contributed by atoms with E-state index >= 15 is 0 Å². The van der Waals surface area contributed by atoms with Crippen molar-refractivity contribution in [3.63, 3.8) is 0 Å². The fraction of sp³-hybridized carbons (Fsp3) is 0. The Labute approximate surface area is 117 Å². The van der Waals surface area contributed by atoms with E-state index in [4.69, 9.17) is 0 Å². The predicted octanol–water partition coefficient (Wildman–Crippen LogP) is 3.04. The molecule has 3 aromatic rings. The lowest BCUT2D eigenvalue weighted by atomic mass is 10.1. The van der Waals surface area contributed by atoms with Crippen molar-refractivity contribution in [2.75, 3.05) is 4.72 Å². The molecule has 4 nitrogen and oxygen atoms in total. The van der Waals surface area contributed by atoms with Gasteiger partial charge in [-0.05, 0) is 35.0 Å². The van der Waals surface area contributed by atoms with Crippen LogP contribution >= 0.6 is 0 Å². The van der Waals surface area contributed by atoms with Crippen molar-refractivity contribution in [3.05, 3.63) is 67.0 Å². The average molecular weight is 284 g/mol. The van der Waals surface area contributed by atoms with E-state index in [1.807, 2.05) is 24.3 Å². The Morgan fingerprint density at radius 1 is 0.850 bits per heavy atom. The van der Waals surface area contributed by atoms with Crippen molar-refractivity contribution in [1.82, 2.24) is 4.98 Å². The Bertz CT molecular complexity index is 846. The normalized spacial score (nSPS) is 11.4. The molecule has 0 unspecified atom stereocenters. The molecule has 0 spiro atoms. The molecule has 0 atom stereocenters. The highest BCUT2D eigenvalue weighted by molar-refractivity contribution is 7.92. The second-order valence-corrected chi connectivity index (χ2v) is 6.03. The molecule has 0 radical (unpaired) electrons. The lowest BCUT2D eigenvalue weighted by Crippen LogP contribution is -2.12. The standard InChI is InChI=1S/C15H12N2O2S/c18-20(19,17-14-7-9-16-10-8-14)15-6-5-12-3-1-2-4-13(12)11-15/h1-11H,(H,16,17). The van der Waals surface area contributed by atoms with Gasteiger partial charge in [-0.3, -0.25) is 9.71 Å². The van der Waals surface area contributed by atoms with Crippen molar-refractivity contribution in [2.45, 2.75) is 4.90 Å². The number of nitrogens with zero attached hydrogens (tertiary/aromatic N) is 1. The van der Waals surface area contributed by atoms with Crippen molar-refractivity contribution >= 4 is 26.5 Å². The summed E-state index contributed by atoms with van der Waals surface area (Å²) < 4.78 is 27.2. The summed E-state index contributed by atoms with van der Waals surface area (Å²) in [6.07, 6.45) is 3.08. The fourth-order valence-electron chi connectivity index (χ4n) is 1.97. The molecule has 0 saturated carbocycles. The average Bonchev–Trinajstić information content (AvgIpc) is 2.47. The zero-order valence-corrected chi connectivity index (χ0v) is 11.3. The molecule has 1 N–H and O–H groups in total. The van der Waals surface area contributed by atoms with Gasteiger partial charge >= 0.3 is 0 Å². The van der Waals surface area contributed by atoms with Gasteiger partial charge < -0.3 is 0 Å². The van der Waals surface area contributed by atoms with E-state index in [1.54, 1.807) is 30.3 Å². The van der Waals surface area contributed by atoms with E-state index in [0.29, 0.717) is 5.69 Å². The summed E-state index contributed by atoms with van der Waals surface area (Å²) in [5.74, 6) is 0. The van der Waals surface area contributed by atoms with E-state index in [-0.39, 0.29) is 4.90 Å². The van der Waals surface area contributed by atoms with Crippen LogP contribution in [-0.4, -0.2) is 13.4 Å². The fourth-order valence-corrected chi connectivity index (χ4v) is 3.06. The third-order valence-corrected chi connectivity index (χ3v) is 4.34. The van der Waals surface area contributed by atoms with Gasteiger partial charge in [-0.15, -0.1) is 0 Å². The summed E-state index contributed by atoms with van der Waals surface area (Å²) in [7, 11) is -3.58. The molecule has 20 heavy (non-hydrogen) atoms. The molecule has 2 aromatic carbocycles. The van der Waals surface area contributed by atoms with Gasteiger partial charge in [0.05, 0.1) is 10.6 Å². The molecule has 5 heteroatoms. The summed E-state index contributed by atoms with van der Waals surface area (Å²) in [4.78, 5) is 4.10. The van der Waals surface area contributed by atoms with Crippen LogP contribution in [0.25, 0.3) is 10.8 Å². The number of nitrogens with one attached hydrogen (secondary N) is 1. The predicted molar refractivity (Wildman–Crippen MR) is 79.0 cm³/mol. The minimum Gasteiger partial charge on any atom is -0.280 e. The Morgan fingerprint density at radius 3 is 2.30 bits per heavy atom. The van der Waals surface area contributed by atoms with E-state index < -0.39 is 10.0 Å². The van der Waals surface area contributed by atoms with Gasteiger partial charge in [-0.2, -0.15) is 0 Å². The molecular formula is C15H12N2O2S. The first-order valence-corrected chi connectivity index (χ1v) is 7.55. The maximum Gasteiger partial charge on any atom is 0.261 e. The van der Waals surface area contributed by atoms with Gasteiger partial charge in [-0.1, -0.05) is 30.3 Å². The van der Waals surface area contributed by atoms with Gasteiger partial charge in [0.1, 0.15) is 0 Å². The Morgan fingerprint density at radius 2 is 1.55 bits per heavy atom. The quantitative estimate of drug-likeness (QED) is 0.804. The number of hydrogen-bond donors (Lipinski definition) is 1. The number of pyridine rings is 1. The Kier molecular flexibility index (Phi) is 3.12. The number of aromatic nitrogens is 1. The smallest absolute Gasteiger partial charge is 0.261 e. The molecule has 100 valence electrons. The number of fused-ring (bicyclic) bond motifs is 1. The van der Waals surface area contributed by atoms with Crippen LogP contribution in [-0.2, 0) is 10.0 Å². The van der Waals surface area contributed by atoms with Gasteiger partial charge in [0, 0.05) is 12.4 Å². The number of benzene rings is 2. The zero-order valence-electron chi connectivity index (χ0n) is 10.5. The van der Waals surface area contributed by atoms with E-state index in [2.05, 4.69) is 9.71 Å². The summed E-state index contributed by atoms with van der Waals surface area (Å²) in [6, 6.07) is 15.9. The molecular weight excluding hydrogens is 272 g/mol. The number of rotatable bonds is 3. The highest BCUT2D eigenvalue weighted by Crippen LogP contribution is 2.21. The zero-order chi connectivity index (χ0) is 14.0. The van der Waals surface area contributed by atoms with Gasteiger partial charge in [0.2, 0.25) is 0 Å². The first-order chi connectivity index (χ1) is 9.65. The summed E-state index contributed by atoms with van der Waals surface area (Å²) in [5.41, 5.74) is 0.494.